The van der Waals surface area contributed by atoms with E-state index >= 15 is 0 Å². The molecule has 208 valence electrons. The number of hydrogen-bond acceptors (Lipinski definition) is 4. The lowest BCUT2D eigenvalue weighted by Crippen LogP contribution is -2.55. The van der Waals surface area contributed by atoms with Gasteiger partial charge in [-0.1, -0.05) is 53.0 Å². The quantitative estimate of drug-likeness (QED) is 0.356. The highest BCUT2D eigenvalue weighted by Crippen LogP contribution is 2.27. The van der Waals surface area contributed by atoms with Crippen molar-refractivity contribution in [1.82, 2.24) is 15.1 Å². The van der Waals surface area contributed by atoms with Gasteiger partial charge in [0.05, 0.1) is 22.5 Å². The molecule has 40 heavy (non-hydrogen) atoms. The van der Waals surface area contributed by atoms with Gasteiger partial charge in [-0.2, -0.15) is 0 Å². The van der Waals surface area contributed by atoms with E-state index in [1.807, 2.05) is 6.92 Å². The maximum Gasteiger partial charge on any atom is 0.323 e. The van der Waals surface area contributed by atoms with Crippen molar-refractivity contribution >= 4 is 52.7 Å². The van der Waals surface area contributed by atoms with Gasteiger partial charge in [0.15, 0.2) is 6.17 Å². The van der Waals surface area contributed by atoms with Crippen LogP contribution in [0.2, 0.25) is 10.0 Å². The van der Waals surface area contributed by atoms with Gasteiger partial charge in [-0.25, -0.2) is 9.18 Å². The molecule has 4 amide bonds. The van der Waals surface area contributed by atoms with E-state index in [-0.39, 0.29) is 18.1 Å². The number of nitrogens with one attached hydrogen (secondary N) is 2. The van der Waals surface area contributed by atoms with E-state index in [1.165, 1.54) is 40.1 Å². The number of aliphatic carboxylic acids is 1. The highest BCUT2D eigenvalue weighted by atomic mass is 35.5. The van der Waals surface area contributed by atoms with E-state index in [1.54, 1.807) is 24.3 Å². The summed E-state index contributed by atoms with van der Waals surface area (Å²) >= 11 is 12.0. The van der Waals surface area contributed by atoms with E-state index in [9.17, 15) is 28.7 Å². The van der Waals surface area contributed by atoms with E-state index in [2.05, 4.69) is 10.6 Å². The predicted octanol–water partition coefficient (Wildman–Crippen LogP) is 5.09. The molecule has 3 aromatic rings. The largest absolute Gasteiger partial charge is 0.481 e. The van der Waals surface area contributed by atoms with Crippen molar-refractivity contribution in [3.63, 3.8) is 0 Å². The molecular formula is C28H25Cl2FN4O5. The average molecular weight is 587 g/mol. The number of carboxylic acids is 1. The zero-order valence-electron chi connectivity index (χ0n) is 21.2. The Morgan fingerprint density at radius 2 is 1.60 bits per heavy atom. The molecule has 12 heteroatoms. The van der Waals surface area contributed by atoms with Crippen molar-refractivity contribution in [2.45, 2.75) is 25.6 Å². The molecule has 0 aliphatic carbocycles. The fraction of sp³-hybridized carbons (Fsp3) is 0.214. The standard InChI is InChI=1S/C28H25Cl2FN4O5/c1-16-2-4-18(5-3-16)27(39)34-12-13-35(28(40)32-20-10-11-21(29)22(30)14-20)26(34)25(38)33-23(15-24(36)37)17-6-8-19(31)9-7-17/h2-11,14,23,26H,12-13,15H2,1H3,(H,32,40)(H,33,38)(H,36,37). The Labute approximate surface area is 239 Å². The average Bonchev–Trinajstić information content (AvgIpc) is 3.36. The number of carbonyl (C=O) groups excluding carboxylic acids is 3. The summed E-state index contributed by atoms with van der Waals surface area (Å²) in [7, 11) is 0. The molecule has 1 aliphatic heterocycles. The van der Waals surface area contributed by atoms with E-state index in [4.69, 9.17) is 23.2 Å². The molecule has 4 rings (SSSR count). The minimum absolute atomic E-state index is 0.0169. The first kappa shape index (κ1) is 28.8. The van der Waals surface area contributed by atoms with Crippen LogP contribution in [0.3, 0.4) is 0 Å². The van der Waals surface area contributed by atoms with Gasteiger partial charge >= 0.3 is 12.0 Å². The molecule has 0 bridgehead atoms. The summed E-state index contributed by atoms with van der Waals surface area (Å²) in [4.78, 5) is 54.5. The maximum atomic E-state index is 13.7. The third-order valence-electron chi connectivity index (χ3n) is 6.37. The van der Waals surface area contributed by atoms with Crippen LogP contribution in [0.5, 0.6) is 0 Å². The van der Waals surface area contributed by atoms with Crippen LogP contribution in [0.15, 0.2) is 66.7 Å². The summed E-state index contributed by atoms with van der Waals surface area (Å²) in [6.45, 7) is 1.93. The third-order valence-corrected chi connectivity index (χ3v) is 7.10. The second kappa shape index (κ2) is 12.4. The van der Waals surface area contributed by atoms with Crippen LogP contribution in [0.1, 0.15) is 33.9 Å². The number of aryl methyl sites for hydroxylation is 1. The predicted molar refractivity (Wildman–Crippen MR) is 148 cm³/mol. The van der Waals surface area contributed by atoms with Gasteiger partial charge in [0, 0.05) is 24.3 Å². The molecule has 0 radical (unpaired) electrons. The molecule has 0 spiro atoms. The highest BCUT2D eigenvalue weighted by Gasteiger charge is 2.43. The maximum absolute atomic E-state index is 13.7. The first-order valence-electron chi connectivity index (χ1n) is 12.2. The smallest absolute Gasteiger partial charge is 0.323 e. The number of carbonyl (C=O) groups is 4. The SMILES string of the molecule is Cc1ccc(C(=O)N2CCN(C(=O)Nc3ccc(Cl)c(Cl)c3)C2C(=O)NC(CC(=O)O)c2ccc(F)cc2)cc1. The van der Waals surface area contributed by atoms with E-state index < -0.39 is 48.3 Å². The molecule has 1 aliphatic rings. The van der Waals surface area contributed by atoms with Crippen molar-refractivity contribution in [3.05, 3.63) is 99.3 Å². The minimum atomic E-state index is -1.41. The van der Waals surface area contributed by atoms with Crippen LogP contribution in [0, 0.1) is 12.7 Å². The Balaban J connectivity index is 1.64. The fourth-order valence-corrected chi connectivity index (χ4v) is 4.63. The number of amides is 4. The van der Waals surface area contributed by atoms with Gasteiger partial charge in [0.25, 0.3) is 11.8 Å². The Hall–Kier alpha value is -4.15. The van der Waals surface area contributed by atoms with Gasteiger partial charge < -0.3 is 20.6 Å². The van der Waals surface area contributed by atoms with Gasteiger partial charge in [0.2, 0.25) is 0 Å². The van der Waals surface area contributed by atoms with Crippen molar-refractivity contribution in [3.8, 4) is 0 Å². The number of benzene rings is 3. The topological polar surface area (TPSA) is 119 Å². The number of urea groups is 1. The van der Waals surface area contributed by atoms with Gasteiger partial charge in [-0.15, -0.1) is 0 Å². The van der Waals surface area contributed by atoms with Crippen molar-refractivity contribution in [2.75, 3.05) is 18.4 Å². The van der Waals surface area contributed by atoms with Crippen molar-refractivity contribution in [1.29, 1.82) is 0 Å². The van der Waals surface area contributed by atoms with Gasteiger partial charge in [-0.3, -0.25) is 19.3 Å². The Kier molecular flexibility index (Phi) is 8.91. The summed E-state index contributed by atoms with van der Waals surface area (Å²) in [5.74, 6) is -3.00. The van der Waals surface area contributed by atoms with Gasteiger partial charge in [-0.05, 0) is 55.0 Å². The Morgan fingerprint density at radius 1 is 0.950 bits per heavy atom. The lowest BCUT2D eigenvalue weighted by molar-refractivity contribution is -0.138. The zero-order valence-corrected chi connectivity index (χ0v) is 22.7. The molecule has 0 aromatic heterocycles. The molecule has 3 N–H and O–H groups in total. The van der Waals surface area contributed by atoms with Gasteiger partial charge in [0.1, 0.15) is 5.82 Å². The van der Waals surface area contributed by atoms with Crippen LogP contribution in [0.25, 0.3) is 0 Å². The molecule has 1 saturated heterocycles. The van der Waals surface area contributed by atoms with E-state index in [0.717, 1.165) is 17.7 Å². The summed E-state index contributed by atoms with van der Waals surface area (Å²) in [5.41, 5.74) is 1.91. The molecule has 1 heterocycles. The molecule has 2 unspecified atom stereocenters. The Bertz CT molecular complexity index is 1440. The number of anilines is 1. The number of rotatable bonds is 7. The number of halogens is 3. The first-order valence-corrected chi connectivity index (χ1v) is 13.0. The Morgan fingerprint density at radius 3 is 2.23 bits per heavy atom. The molecule has 0 saturated carbocycles. The van der Waals surface area contributed by atoms with Crippen LogP contribution in [-0.2, 0) is 9.59 Å². The zero-order chi connectivity index (χ0) is 29.0. The summed E-state index contributed by atoms with van der Waals surface area (Å²) in [5, 5.41) is 15.2. The summed E-state index contributed by atoms with van der Waals surface area (Å²) in [6.07, 6.45) is -1.92. The first-order chi connectivity index (χ1) is 19.0. The molecular weight excluding hydrogens is 562 g/mol. The fourth-order valence-electron chi connectivity index (χ4n) is 4.34. The highest BCUT2D eigenvalue weighted by molar-refractivity contribution is 6.42. The summed E-state index contributed by atoms with van der Waals surface area (Å²) < 4.78 is 13.5. The normalized spacial score (nSPS) is 15.4. The molecule has 9 nitrogen and oxygen atoms in total. The van der Waals surface area contributed by atoms with Crippen molar-refractivity contribution in [2.24, 2.45) is 0 Å². The summed E-state index contributed by atoms with van der Waals surface area (Å²) in [6, 6.07) is 14.5. The monoisotopic (exact) mass is 586 g/mol. The lowest BCUT2D eigenvalue weighted by Gasteiger charge is -2.31. The lowest BCUT2D eigenvalue weighted by atomic mass is 10.0. The second-order valence-electron chi connectivity index (χ2n) is 9.20. The molecule has 1 fully saturated rings. The number of nitrogens with zero attached hydrogens (tertiary/aromatic N) is 2. The minimum Gasteiger partial charge on any atom is -0.481 e. The molecule has 2 atom stereocenters. The van der Waals surface area contributed by atoms with E-state index in [0.29, 0.717) is 21.8 Å². The third kappa shape index (κ3) is 6.70. The van der Waals surface area contributed by atoms with Crippen LogP contribution >= 0.6 is 23.2 Å². The van der Waals surface area contributed by atoms with Crippen molar-refractivity contribution < 1.29 is 28.7 Å². The van der Waals surface area contributed by atoms with Crippen LogP contribution in [0.4, 0.5) is 14.9 Å². The second-order valence-corrected chi connectivity index (χ2v) is 10.0. The number of hydrogen-bond donors (Lipinski definition) is 3. The van der Waals surface area contributed by atoms with Crippen LogP contribution in [-0.4, -0.2) is 58.0 Å². The number of carboxylic acid groups (broad SMARTS) is 1. The molecule has 3 aromatic carbocycles. The van der Waals surface area contributed by atoms with Crippen LogP contribution < -0.4 is 10.6 Å².